The number of methoxy groups -OCH3 is 1. The van der Waals surface area contributed by atoms with Gasteiger partial charge in [-0.25, -0.2) is 18.7 Å². The third-order valence-corrected chi connectivity index (χ3v) is 8.73. The average Bonchev–Trinajstić information content (AvgIpc) is 2.93. The SMILES string of the molecule is CCN1CCC(c2cc(OC)c(Nc3nc(-c4ccc(S(C)(=O)=O)cc4)cc4c3C(=O)[N]C=C4)cc2C)CC1. The lowest BCUT2D eigenvalue weighted by atomic mass is 9.86. The van der Waals surface area contributed by atoms with Crippen molar-refractivity contribution >= 4 is 33.3 Å². The number of amides is 1. The van der Waals surface area contributed by atoms with Crippen molar-refractivity contribution in [2.45, 2.75) is 37.5 Å². The number of ether oxygens (including phenoxy) is 1. The van der Waals surface area contributed by atoms with Crippen molar-refractivity contribution in [3.63, 3.8) is 0 Å². The number of hydrogen-bond acceptors (Lipinski definition) is 7. The van der Waals surface area contributed by atoms with Crippen molar-refractivity contribution < 1.29 is 17.9 Å². The molecule has 1 aromatic heterocycles. The second kappa shape index (κ2) is 10.8. The number of likely N-dealkylation sites (tertiary alicyclic amines) is 1. The van der Waals surface area contributed by atoms with Gasteiger partial charge in [-0.1, -0.05) is 19.1 Å². The highest BCUT2D eigenvalue weighted by atomic mass is 32.2. The Balaban J connectivity index is 1.53. The van der Waals surface area contributed by atoms with Crippen LogP contribution in [0.4, 0.5) is 11.5 Å². The van der Waals surface area contributed by atoms with E-state index in [9.17, 15) is 13.2 Å². The van der Waals surface area contributed by atoms with Crippen molar-refractivity contribution in [3.05, 3.63) is 70.9 Å². The predicted octanol–water partition coefficient (Wildman–Crippen LogP) is 5.14. The topological polar surface area (TPSA) is 103 Å². The minimum absolute atomic E-state index is 0.233. The maximum atomic E-state index is 12.8. The molecule has 9 heteroatoms. The van der Waals surface area contributed by atoms with Gasteiger partial charge in [0.2, 0.25) is 0 Å². The van der Waals surface area contributed by atoms with Crippen LogP contribution in [0.3, 0.4) is 0 Å². The number of piperidine rings is 1. The van der Waals surface area contributed by atoms with Gasteiger partial charge in [0, 0.05) is 18.0 Å². The minimum atomic E-state index is -3.32. The third-order valence-electron chi connectivity index (χ3n) is 7.60. The average molecular weight is 546 g/mol. The van der Waals surface area contributed by atoms with Gasteiger partial charge < -0.3 is 15.0 Å². The summed E-state index contributed by atoms with van der Waals surface area (Å²) in [5.41, 5.74) is 5.56. The fraction of sp³-hybridized carbons (Fsp3) is 0.333. The smallest absolute Gasteiger partial charge is 0.281 e. The van der Waals surface area contributed by atoms with E-state index in [2.05, 4.69) is 41.5 Å². The zero-order valence-electron chi connectivity index (χ0n) is 22.7. The summed E-state index contributed by atoms with van der Waals surface area (Å²) in [5.74, 6) is 1.15. The van der Waals surface area contributed by atoms with Gasteiger partial charge in [0.15, 0.2) is 9.84 Å². The summed E-state index contributed by atoms with van der Waals surface area (Å²) < 4.78 is 29.6. The van der Waals surface area contributed by atoms with Crippen LogP contribution in [-0.2, 0) is 9.84 Å². The van der Waals surface area contributed by atoms with E-state index in [1.807, 2.05) is 6.07 Å². The van der Waals surface area contributed by atoms with Crippen LogP contribution in [0.15, 0.2) is 53.6 Å². The molecule has 0 unspecified atom stereocenters. The number of anilines is 2. The second-order valence-corrected chi connectivity index (χ2v) is 12.1. The first-order valence-electron chi connectivity index (χ1n) is 13.1. The van der Waals surface area contributed by atoms with Gasteiger partial charge in [-0.3, -0.25) is 4.79 Å². The first kappa shape index (κ1) is 26.9. The first-order chi connectivity index (χ1) is 18.7. The van der Waals surface area contributed by atoms with Crippen molar-refractivity contribution in [1.82, 2.24) is 15.2 Å². The number of pyridine rings is 1. The monoisotopic (exact) mass is 545 g/mol. The number of carbonyl (C=O) groups excluding carboxylic acids is 1. The van der Waals surface area contributed by atoms with E-state index in [0.717, 1.165) is 43.6 Å². The Morgan fingerprint density at radius 1 is 1.10 bits per heavy atom. The molecule has 3 heterocycles. The Morgan fingerprint density at radius 3 is 2.46 bits per heavy atom. The van der Waals surface area contributed by atoms with E-state index in [1.54, 1.807) is 37.5 Å². The summed E-state index contributed by atoms with van der Waals surface area (Å²) in [6, 6.07) is 12.5. The number of aromatic nitrogens is 1. The van der Waals surface area contributed by atoms with Crippen molar-refractivity contribution in [2.75, 3.05) is 38.3 Å². The van der Waals surface area contributed by atoms with Crippen LogP contribution in [-0.4, -0.2) is 57.2 Å². The van der Waals surface area contributed by atoms with Gasteiger partial charge in [-0.2, -0.15) is 0 Å². The molecule has 1 saturated heterocycles. The molecular formula is C30H33N4O4S. The third kappa shape index (κ3) is 5.55. The molecule has 0 atom stereocenters. The molecule has 5 rings (SSSR count). The Bertz CT molecular complexity index is 1540. The number of carbonyl (C=O) groups is 1. The molecule has 0 spiro atoms. The van der Waals surface area contributed by atoms with E-state index in [-0.39, 0.29) is 10.8 Å². The molecule has 1 amide bonds. The van der Waals surface area contributed by atoms with Crippen LogP contribution in [0.1, 0.15) is 52.7 Å². The highest BCUT2D eigenvalue weighted by Crippen LogP contribution is 2.39. The molecule has 2 aromatic carbocycles. The van der Waals surface area contributed by atoms with Gasteiger partial charge in [-0.15, -0.1) is 0 Å². The summed E-state index contributed by atoms with van der Waals surface area (Å²) in [6.07, 6.45) is 6.65. The van der Waals surface area contributed by atoms with Crippen LogP contribution in [0.25, 0.3) is 17.3 Å². The van der Waals surface area contributed by atoms with Gasteiger partial charge in [-0.05, 0) is 98.4 Å². The Labute approximate surface area is 230 Å². The zero-order valence-corrected chi connectivity index (χ0v) is 23.5. The number of nitrogens with one attached hydrogen (secondary N) is 1. The largest absolute Gasteiger partial charge is 0.495 e. The molecule has 0 saturated carbocycles. The molecule has 203 valence electrons. The molecule has 39 heavy (non-hydrogen) atoms. The lowest BCUT2D eigenvalue weighted by Crippen LogP contribution is -2.32. The van der Waals surface area contributed by atoms with E-state index in [0.29, 0.717) is 40.0 Å². The summed E-state index contributed by atoms with van der Waals surface area (Å²) >= 11 is 0. The fourth-order valence-electron chi connectivity index (χ4n) is 5.38. The number of aryl methyl sites for hydroxylation is 1. The predicted molar refractivity (Wildman–Crippen MR) is 153 cm³/mol. The molecule has 0 bridgehead atoms. The van der Waals surface area contributed by atoms with E-state index in [4.69, 9.17) is 9.72 Å². The van der Waals surface area contributed by atoms with E-state index < -0.39 is 9.84 Å². The molecule has 1 fully saturated rings. The Hall–Kier alpha value is -3.69. The van der Waals surface area contributed by atoms with Gasteiger partial charge in [0.25, 0.3) is 5.91 Å². The summed E-state index contributed by atoms with van der Waals surface area (Å²) in [5, 5.41) is 7.32. The van der Waals surface area contributed by atoms with Crippen molar-refractivity contribution in [3.8, 4) is 17.0 Å². The second-order valence-electron chi connectivity index (χ2n) is 10.1. The summed E-state index contributed by atoms with van der Waals surface area (Å²) in [4.78, 5) is 20.3. The van der Waals surface area contributed by atoms with Crippen LogP contribution in [0.2, 0.25) is 0 Å². The molecule has 2 aliphatic heterocycles. The van der Waals surface area contributed by atoms with Gasteiger partial charge >= 0.3 is 0 Å². The maximum Gasteiger partial charge on any atom is 0.281 e. The number of rotatable bonds is 7. The van der Waals surface area contributed by atoms with Crippen LogP contribution < -0.4 is 15.4 Å². The van der Waals surface area contributed by atoms with Gasteiger partial charge in [0.1, 0.15) is 11.6 Å². The lowest BCUT2D eigenvalue weighted by molar-refractivity contribution is 0.0965. The number of benzene rings is 2. The summed E-state index contributed by atoms with van der Waals surface area (Å²) in [6.45, 7) is 7.58. The Kier molecular flexibility index (Phi) is 7.46. The molecule has 0 aliphatic carbocycles. The number of hydrogen-bond donors (Lipinski definition) is 1. The number of nitrogens with zero attached hydrogens (tertiary/aromatic N) is 3. The fourth-order valence-corrected chi connectivity index (χ4v) is 6.01. The standard InChI is InChI=1S/C30H33N4O4S/c1-5-34-14-11-20(12-15-34)24-18-27(38-3)26(16-19(24)2)33-29-28-22(10-13-31-30(28)35)17-25(32-29)21-6-8-23(9-7-21)39(4,36)37/h6-10,13,16-18,20H,5,11-12,14-15H2,1-4H3,(H,32,33). The molecule has 2 aliphatic rings. The molecule has 1 N–H and O–H groups in total. The molecule has 8 nitrogen and oxygen atoms in total. The lowest BCUT2D eigenvalue weighted by Gasteiger charge is -2.32. The van der Waals surface area contributed by atoms with Crippen molar-refractivity contribution in [2.24, 2.45) is 0 Å². The number of sulfone groups is 1. The normalized spacial score (nSPS) is 16.1. The van der Waals surface area contributed by atoms with E-state index in [1.165, 1.54) is 18.0 Å². The number of fused-ring (bicyclic) bond motifs is 1. The minimum Gasteiger partial charge on any atom is -0.495 e. The maximum absolute atomic E-state index is 12.8. The summed E-state index contributed by atoms with van der Waals surface area (Å²) in [7, 11) is -1.67. The van der Waals surface area contributed by atoms with Crippen LogP contribution >= 0.6 is 0 Å². The Morgan fingerprint density at radius 2 is 1.82 bits per heavy atom. The highest BCUT2D eigenvalue weighted by molar-refractivity contribution is 7.90. The van der Waals surface area contributed by atoms with Crippen LogP contribution in [0, 0.1) is 6.92 Å². The first-order valence-corrected chi connectivity index (χ1v) is 15.0. The zero-order chi connectivity index (χ0) is 27.7. The molecule has 3 aromatic rings. The van der Waals surface area contributed by atoms with E-state index >= 15 is 0 Å². The quantitative estimate of drug-likeness (QED) is 0.438. The van der Waals surface area contributed by atoms with Crippen LogP contribution in [0.5, 0.6) is 5.75 Å². The van der Waals surface area contributed by atoms with Crippen molar-refractivity contribution in [1.29, 1.82) is 0 Å². The van der Waals surface area contributed by atoms with Gasteiger partial charge in [0.05, 0.1) is 29.0 Å². The highest BCUT2D eigenvalue weighted by Gasteiger charge is 2.25. The molecule has 1 radical (unpaired) electrons. The molecular weight excluding hydrogens is 512 g/mol.